The second kappa shape index (κ2) is 5.21. The molecule has 2 rings (SSSR count). The van der Waals surface area contributed by atoms with Crippen LogP contribution in [-0.4, -0.2) is 9.97 Å². The highest BCUT2D eigenvalue weighted by molar-refractivity contribution is 9.10. The van der Waals surface area contributed by atoms with E-state index in [0.29, 0.717) is 16.0 Å². The van der Waals surface area contributed by atoms with Crippen molar-refractivity contribution >= 4 is 50.6 Å². The highest BCUT2D eigenvalue weighted by Crippen LogP contribution is 2.29. The smallest absolute Gasteiger partial charge is 0.138 e. The fourth-order valence-corrected chi connectivity index (χ4v) is 2.13. The minimum Gasteiger partial charge on any atom is -0.339 e. The summed E-state index contributed by atoms with van der Waals surface area (Å²) < 4.78 is 0.922. The summed E-state index contributed by atoms with van der Waals surface area (Å²) in [5, 5.41) is 4.15. The van der Waals surface area contributed by atoms with Gasteiger partial charge in [0.05, 0.1) is 10.7 Å². The molecule has 1 aromatic carbocycles. The predicted molar refractivity (Wildman–Crippen MR) is 74.2 cm³/mol. The Hall–Kier alpha value is -0.840. The first kappa shape index (κ1) is 12.6. The van der Waals surface area contributed by atoms with E-state index in [1.54, 1.807) is 0 Å². The van der Waals surface area contributed by atoms with Gasteiger partial charge in [0.15, 0.2) is 0 Å². The van der Waals surface area contributed by atoms with Crippen molar-refractivity contribution in [2.24, 2.45) is 0 Å². The van der Waals surface area contributed by atoms with E-state index in [1.165, 1.54) is 6.33 Å². The molecule has 0 saturated heterocycles. The molecular formula is C11H8BrCl2N3. The molecule has 1 heterocycles. The molecule has 0 amide bonds. The lowest BCUT2D eigenvalue weighted by Gasteiger charge is -2.10. The van der Waals surface area contributed by atoms with Gasteiger partial charge >= 0.3 is 0 Å². The third-order valence-corrected chi connectivity index (χ3v) is 3.39. The molecule has 3 nitrogen and oxygen atoms in total. The first-order valence-corrected chi connectivity index (χ1v) is 6.32. The lowest BCUT2D eigenvalue weighted by molar-refractivity contribution is 1.13. The van der Waals surface area contributed by atoms with Crippen LogP contribution >= 0.6 is 39.1 Å². The Morgan fingerprint density at radius 2 is 2.00 bits per heavy atom. The maximum absolute atomic E-state index is 6.10. The van der Waals surface area contributed by atoms with Crippen LogP contribution in [0.15, 0.2) is 29.0 Å². The molecule has 2 aromatic rings. The van der Waals surface area contributed by atoms with E-state index in [-0.39, 0.29) is 0 Å². The van der Waals surface area contributed by atoms with Crippen LogP contribution in [0.3, 0.4) is 0 Å². The van der Waals surface area contributed by atoms with Crippen LogP contribution in [0.2, 0.25) is 10.2 Å². The van der Waals surface area contributed by atoms with Crippen LogP contribution in [0.5, 0.6) is 0 Å². The van der Waals surface area contributed by atoms with E-state index in [4.69, 9.17) is 23.2 Å². The van der Waals surface area contributed by atoms with Gasteiger partial charge in [0.1, 0.15) is 17.3 Å². The summed E-state index contributed by atoms with van der Waals surface area (Å²) in [5.74, 6) is 0.647. The summed E-state index contributed by atoms with van der Waals surface area (Å²) in [7, 11) is 0. The van der Waals surface area contributed by atoms with Crippen molar-refractivity contribution in [3.63, 3.8) is 0 Å². The van der Waals surface area contributed by atoms with Gasteiger partial charge in [-0.25, -0.2) is 9.97 Å². The third kappa shape index (κ3) is 2.89. The number of rotatable bonds is 2. The summed E-state index contributed by atoms with van der Waals surface area (Å²) in [4.78, 5) is 8.01. The van der Waals surface area contributed by atoms with Crippen molar-refractivity contribution < 1.29 is 0 Å². The van der Waals surface area contributed by atoms with Gasteiger partial charge in [-0.1, -0.05) is 39.1 Å². The average molecular weight is 333 g/mol. The Balaban J connectivity index is 2.35. The highest BCUT2D eigenvalue weighted by Gasteiger charge is 2.07. The molecule has 0 aliphatic carbocycles. The summed E-state index contributed by atoms with van der Waals surface area (Å²) in [6.07, 6.45) is 1.41. The molecular weight excluding hydrogens is 325 g/mol. The van der Waals surface area contributed by atoms with Gasteiger partial charge in [0, 0.05) is 10.0 Å². The van der Waals surface area contributed by atoms with Crippen LogP contribution in [0.4, 0.5) is 11.5 Å². The van der Waals surface area contributed by atoms with Crippen LogP contribution in [0, 0.1) is 6.92 Å². The van der Waals surface area contributed by atoms with Crippen molar-refractivity contribution in [2.75, 3.05) is 5.32 Å². The second-order valence-corrected chi connectivity index (χ2v) is 5.07. The Bertz CT molecular complexity index is 560. The molecule has 88 valence electrons. The van der Waals surface area contributed by atoms with Gasteiger partial charge < -0.3 is 5.32 Å². The molecule has 17 heavy (non-hydrogen) atoms. The second-order valence-electron chi connectivity index (χ2n) is 3.39. The SMILES string of the molecule is Cc1c(Cl)ncnc1Nc1ccc(Br)cc1Cl. The van der Waals surface area contributed by atoms with Crippen molar-refractivity contribution in [3.05, 3.63) is 44.7 Å². The van der Waals surface area contributed by atoms with Crippen LogP contribution < -0.4 is 5.32 Å². The number of anilines is 2. The quantitative estimate of drug-likeness (QED) is 0.817. The standard InChI is InChI=1S/C11H8BrCl2N3/c1-6-10(14)15-5-16-11(6)17-9-3-2-7(12)4-8(9)13/h2-5H,1H3,(H,15,16,17). The first-order chi connectivity index (χ1) is 8.08. The van der Waals surface area contributed by atoms with Crippen molar-refractivity contribution in [3.8, 4) is 0 Å². The third-order valence-electron chi connectivity index (χ3n) is 2.21. The molecule has 0 aliphatic heterocycles. The van der Waals surface area contributed by atoms with E-state index in [9.17, 15) is 0 Å². The van der Waals surface area contributed by atoms with Crippen LogP contribution in [-0.2, 0) is 0 Å². The Labute approximate surface area is 117 Å². The molecule has 0 bridgehead atoms. The lowest BCUT2D eigenvalue weighted by Crippen LogP contribution is -1.98. The topological polar surface area (TPSA) is 37.8 Å². The largest absolute Gasteiger partial charge is 0.339 e. The van der Waals surface area contributed by atoms with Gasteiger partial charge in [-0.05, 0) is 25.1 Å². The van der Waals surface area contributed by atoms with Gasteiger partial charge in [-0.3, -0.25) is 0 Å². The molecule has 1 N–H and O–H groups in total. The summed E-state index contributed by atoms with van der Waals surface area (Å²) in [6.45, 7) is 1.84. The molecule has 0 spiro atoms. The maximum atomic E-state index is 6.10. The molecule has 1 aromatic heterocycles. The Morgan fingerprint density at radius 3 is 2.71 bits per heavy atom. The number of benzene rings is 1. The zero-order valence-electron chi connectivity index (χ0n) is 8.84. The summed E-state index contributed by atoms with van der Waals surface area (Å²) in [5.41, 5.74) is 1.56. The summed E-state index contributed by atoms with van der Waals surface area (Å²) >= 11 is 15.4. The van der Waals surface area contributed by atoms with Crippen LogP contribution in [0.1, 0.15) is 5.56 Å². The first-order valence-electron chi connectivity index (χ1n) is 4.77. The Kier molecular flexibility index (Phi) is 3.86. The molecule has 0 aliphatic rings. The van der Waals surface area contributed by atoms with Crippen molar-refractivity contribution in [1.82, 2.24) is 9.97 Å². The number of nitrogens with one attached hydrogen (secondary N) is 1. The highest BCUT2D eigenvalue weighted by atomic mass is 79.9. The van der Waals surface area contributed by atoms with Crippen molar-refractivity contribution in [1.29, 1.82) is 0 Å². The number of aromatic nitrogens is 2. The van der Waals surface area contributed by atoms with Gasteiger partial charge in [-0.2, -0.15) is 0 Å². The van der Waals surface area contributed by atoms with E-state index < -0.39 is 0 Å². The van der Waals surface area contributed by atoms with E-state index in [1.807, 2.05) is 25.1 Å². The molecule has 0 atom stereocenters. The predicted octanol–water partition coefficient (Wildman–Crippen LogP) is 4.60. The fourth-order valence-electron chi connectivity index (χ4n) is 1.27. The number of nitrogens with zero attached hydrogens (tertiary/aromatic N) is 2. The number of hydrogen-bond donors (Lipinski definition) is 1. The lowest BCUT2D eigenvalue weighted by atomic mass is 10.3. The number of hydrogen-bond acceptors (Lipinski definition) is 3. The molecule has 6 heteroatoms. The molecule has 0 fully saturated rings. The maximum Gasteiger partial charge on any atom is 0.138 e. The normalized spacial score (nSPS) is 10.4. The van der Waals surface area contributed by atoms with Gasteiger partial charge in [0.2, 0.25) is 0 Å². The zero-order valence-corrected chi connectivity index (χ0v) is 11.9. The average Bonchev–Trinajstić information content (AvgIpc) is 2.28. The minimum absolute atomic E-state index is 0.427. The fraction of sp³-hybridized carbons (Fsp3) is 0.0909. The van der Waals surface area contributed by atoms with E-state index >= 15 is 0 Å². The van der Waals surface area contributed by atoms with Gasteiger partial charge in [-0.15, -0.1) is 0 Å². The molecule has 0 radical (unpaired) electrons. The van der Waals surface area contributed by atoms with Crippen LogP contribution in [0.25, 0.3) is 0 Å². The van der Waals surface area contributed by atoms with E-state index in [0.717, 1.165) is 15.7 Å². The van der Waals surface area contributed by atoms with E-state index in [2.05, 4.69) is 31.2 Å². The monoisotopic (exact) mass is 331 g/mol. The zero-order chi connectivity index (χ0) is 12.4. The molecule has 0 saturated carbocycles. The Morgan fingerprint density at radius 1 is 1.24 bits per heavy atom. The van der Waals surface area contributed by atoms with Gasteiger partial charge in [0.25, 0.3) is 0 Å². The number of halogens is 3. The summed E-state index contributed by atoms with van der Waals surface area (Å²) in [6, 6.07) is 5.57. The minimum atomic E-state index is 0.427. The van der Waals surface area contributed by atoms with Crippen molar-refractivity contribution in [2.45, 2.75) is 6.92 Å². The molecule has 0 unspecified atom stereocenters.